The van der Waals surface area contributed by atoms with Gasteiger partial charge in [0.1, 0.15) is 17.1 Å². The number of benzene rings is 1. The van der Waals surface area contributed by atoms with Crippen molar-refractivity contribution >= 4 is 28.6 Å². The number of ketones is 1. The van der Waals surface area contributed by atoms with Gasteiger partial charge in [0.2, 0.25) is 5.91 Å². The number of carbonyl (C=O) groups is 3. The first-order valence-electron chi connectivity index (χ1n) is 17.6. The van der Waals surface area contributed by atoms with Gasteiger partial charge in [-0.05, 0) is 82.4 Å². The van der Waals surface area contributed by atoms with Gasteiger partial charge in [-0.2, -0.15) is 0 Å². The highest BCUT2D eigenvalue weighted by Gasteiger charge is 2.62. The summed E-state index contributed by atoms with van der Waals surface area (Å²) in [5.74, 6) is 1.49. The van der Waals surface area contributed by atoms with E-state index in [2.05, 4.69) is 18.2 Å². The molecule has 8 heteroatoms. The van der Waals surface area contributed by atoms with Crippen LogP contribution in [0.5, 0.6) is 11.5 Å². The van der Waals surface area contributed by atoms with Crippen molar-refractivity contribution in [3.05, 3.63) is 41.6 Å². The monoisotopic (exact) mass is 628 g/mol. The Morgan fingerprint density at radius 3 is 2.72 bits per heavy atom. The molecule has 8 nitrogen and oxygen atoms in total. The van der Waals surface area contributed by atoms with E-state index in [1.807, 2.05) is 30.9 Å². The second-order valence-electron chi connectivity index (χ2n) is 14.6. The van der Waals surface area contributed by atoms with Crippen LogP contribution in [0.25, 0.3) is 10.9 Å². The molecule has 1 spiro atoms. The normalized spacial score (nSPS) is 32.3. The van der Waals surface area contributed by atoms with E-state index in [9.17, 15) is 14.4 Å². The summed E-state index contributed by atoms with van der Waals surface area (Å²) in [6, 6.07) is 5.42. The number of ether oxygens (including phenoxy) is 3. The van der Waals surface area contributed by atoms with Crippen LogP contribution in [0, 0.1) is 17.3 Å². The molecule has 1 unspecified atom stereocenters. The van der Waals surface area contributed by atoms with Crippen molar-refractivity contribution in [1.82, 2.24) is 9.88 Å². The van der Waals surface area contributed by atoms with Gasteiger partial charge in [-0.15, -0.1) is 0 Å². The Morgan fingerprint density at radius 2 is 1.96 bits per heavy atom. The number of Topliss-reactive ketones (excluding diaryl/α,β-unsaturated/α-hetero) is 1. The van der Waals surface area contributed by atoms with Crippen LogP contribution >= 0.6 is 0 Å². The molecular weight excluding hydrogens is 580 g/mol. The number of hydrogen-bond donors (Lipinski definition) is 0. The number of hydrogen-bond acceptors (Lipinski definition) is 7. The smallest absolute Gasteiger partial charge is 0.313 e. The highest BCUT2D eigenvalue weighted by molar-refractivity contribution is 5.95. The first-order valence-corrected chi connectivity index (χ1v) is 17.6. The third-order valence-corrected chi connectivity index (χ3v) is 11.6. The third kappa shape index (κ3) is 5.49. The van der Waals surface area contributed by atoms with Crippen molar-refractivity contribution in [2.75, 3.05) is 20.3 Å². The molecule has 3 aliphatic heterocycles. The molecule has 1 saturated heterocycles. The zero-order chi connectivity index (χ0) is 32.1. The van der Waals surface area contributed by atoms with Crippen LogP contribution < -0.4 is 9.47 Å². The Morgan fingerprint density at radius 1 is 1.11 bits per heavy atom. The number of allylic oxidation sites excluding steroid dienone is 2. The van der Waals surface area contributed by atoms with Crippen LogP contribution in [0.1, 0.15) is 108 Å². The number of rotatable bonds is 4. The number of methoxy groups -OCH3 is 1. The number of aryl methyl sites for hydroxylation is 1. The fraction of sp³-hybridized carbons (Fsp3) is 0.632. The van der Waals surface area contributed by atoms with Crippen LogP contribution in [0.3, 0.4) is 0 Å². The van der Waals surface area contributed by atoms with Crippen LogP contribution in [0.4, 0.5) is 0 Å². The Labute approximate surface area is 272 Å². The van der Waals surface area contributed by atoms with Crippen LogP contribution in [0.15, 0.2) is 30.4 Å². The van der Waals surface area contributed by atoms with E-state index in [0.29, 0.717) is 31.7 Å². The lowest BCUT2D eigenvalue weighted by atomic mass is 9.79. The molecule has 46 heavy (non-hydrogen) atoms. The number of esters is 1. The quantitative estimate of drug-likeness (QED) is 0.270. The fourth-order valence-electron chi connectivity index (χ4n) is 8.46. The number of amides is 1. The lowest BCUT2D eigenvalue weighted by molar-refractivity contribution is -0.152. The summed E-state index contributed by atoms with van der Waals surface area (Å²) in [5.41, 5.74) is 1.61. The van der Waals surface area contributed by atoms with Crippen LogP contribution in [-0.4, -0.2) is 59.4 Å². The molecule has 1 aromatic heterocycles. The maximum absolute atomic E-state index is 14.4. The summed E-state index contributed by atoms with van der Waals surface area (Å²) in [6.45, 7) is 4.47. The van der Waals surface area contributed by atoms with Crippen molar-refractivity contribution < 1.29 is 28.6 Å². The van der Waals surface area contributed by atoms with Gasteiger partial charge >= 0.3 is 5.97 Å². The van der Waals surface area contributed by atoms with Gasteiger partial charge in [0.25, 0.3) is 0 Å². The first-order chi connectivity index (χ1) is 22.3. The van der Waals surface area contributed by atoms with Crippen LogP contribution in [0.2, 0.25) is 0 Å². The predicted molar refractivity (Wildman–Crippen MR) is 175 cm³/mol. The topological polar surface area (TPSA) is 95.0 Å². The van der Waals surface area contributed by atoms with Crippen molar-refractivity contribution in [3.63, 3.8) is 0 Å². The predicted octanol–water partition coefficient (Wildman–Crippen LogP) is 6.86. The van der Waals surface area contributed by atoms with Gasteiger partial charge in [-0.1, -0.05) is 38.3 Å². The van der Waals surface area contributed by atoms with E-state index >= 15 is 0 Å². The summed E-state index contributed by atoms with van der Waals surface area (Å²) < 4.78 is 18.2. The summed E-state index contributed by atoms with van der Waals surface area (Å²) >= 11 is 0. The highest BCUT2D eigenvalue weighted by atomic mass is 16.5. The van der Waals surface area contributed by atoms with E-state index in [0.717, 1.165) is 85.0 Å². The summed E-state index contributed by atoms with van der Waals surface area (Å²) in [6.07, 6.45) is 15.1. The van der Waals surface area contributed by atoms with Gasteiger partial charge in [-0.3, -0.25) is 14.4 Å². The number of carbonyl (C=O) groups excluding carboxylic acids is 3. The largest absolute Gasteiger partial charge is 0.497 e. The van der Waals surface area contributed by atoms with Gasteiger partial charge in [0.15, 0.2) is 5.78 Å². The van der Waals surface area contributed by atoms with E-state index in [4.69, 9.17) is 19.2 Å². The molecule has 4 heterocycles. The van der Waals surface area contributed by atoms with E-state index in [1.165, 1.54) is 6.42 Å². The fourth-order valence-corrected chi connectivity index (χ4v) is 8.46. The second-order valence-corrected chi connectivity index (χ2v) is 14.6. The van der Waals surface area contributed by atoms with Crippen molar-refractivity contribution in [2.24, 2.45) is 17.3 Å². The van der Waals surface area contributed by atoms with Gasteiger partial charge in [0.05, 0.1) is 42.9 Å². The van der Waals surface area contributed by atoms with E-state index in [-0.39, 0.29) is 42.5 Å². The number of nitrogens with zero attached hydrogens (tertiary/aromatic N) is 2. The SMILES string of the molecule is CCOC(=O)C12CC(=O)[C@@H]3C[C@]4(CCc5c(c(C6CCC6)nc6ccc(OC)cc56)O4)CN3C(=O)[C@@H](C)CCCCC/C=C\[C@@H]1C2. The molecule has 0 N–H and O–H groups in total. The lowest BCUT2D eigenvalue weighted by Crippen LogP contribution is -2.46. The number of pyridine rings is 1. The van der Waals surface area contributed by atoms with Gasteiger partial charge < -0.3 is 19.1 Å². The average molecular weight is 629 g/mol. The molecule has 2 saturated carbocycles. The van der Waals surface area contributed by atoms with Crippen LogP contribution in [-0.2, 0) is 25.5 Å². The molecule has 2 aromatic rings. The molecule has 5 aliphatic rings. The molecule has 246 valence electrons. The summed E-state index contributed by atoms with van der Waals surface area (Å²) in [7, 11) is 1.68. The Hall–Kier alpha value is -3.42. The van der Waals surface area contributed by atoms with Crippen molar-refractivity contribution in [1.29, 1.82) is 0 Å². The molecule has 2 aliphatic carbocycles. The van der Waals surface area contributed by atoms with E-state index in [1.54, 1.807) is 7.11 Å². The molecule has 0 radical (unpaired) electrons. The van der Waals surface area contributed by atoms with Crippen molar-refractivity contribution in [3.8, 4) is 11.5 Å². The molecule has 1 amide bonds. The summed E-state index contributed by atoms with van der Waals surface area (Å²) in [4.78, 5) is 48.8. The molecule has 5 atom stereocenters. The minimum atomic E-state index is -0.834. The maximum Gasteiger partial charge on any atom is 0.313 e. The second kappa shape index (κ2) is 12.3. The maximum atomic E-state index is 14.4. The molecular formula is C38H48N2O6. The zero-order valence-electron chi connectivity index (χ0n) is 27.6. The Bertz CT molecular complexity index is 1560. The Balaban J connectivity index is 1.24. The third-order valence-electron chi connectivity index (χ3n) is 11.6. The highest BCUT2D eigenvalue weighted by Crippen LogP contribution is 2.58. The Kier molecular flexibility index (Phi) is 8.35. The van der Waals surface area contributed by atoms with Crippen molar-refractivity contribution in [2.45, 2.75) is 115 Å². The van der Waals surface area contributed by atoms with E-state index < -0.39 is 17.1 Å². The first kappa shape index (κ1) is 31.2. The van der Waals surface area contributed by atoms with Gasteiger partial charge in [0, 0.05) is 35.6 Å². The standard InChI is InChI=1S/C38H48N2O6/c1-4-45-36(43)38-20-26(38)14-9-7-5-6-8-11-24(2)35(42)40-23-37(21-31(40)32(41)22-38)18-17-28-29-19-27(44-3)15-16-30(29)39-33(34(28)46-37)25-12-10-13-25/h9,14-16,19,24-26,31H,4-8,10-13,17-18,20-23H2,1-3H3/b14-9-/t24-,26+,31-,37+,38?/m0/s1. The molecule has 0 bridgehead atoms. The minimum absolute atomic E-state index is 0.00162. The lowest BCUT2D eigenvalue weighted by Gasteiger charge is -2.39. The van der Waals surface area contributed by atoms with Gasteiger partial charge in [-0.25, -0.2) is 4.98 Å². The minimum Gasteiger partial charge on any atom is -0.497 e. The molecule has 7 rings (SSSR count). The number of aromatic nitrogens is 1. The zero-order valence-corrected chi connectivity index (χ0v) is 27.6. The summed E-state index contributed by atoms with van der Waals surface area (Å²) in [5, 5.41) is 1.05. The average Bonchev–Trinajstić information content (AvgIpc) is 3.60. The number of fused-ring (bicyclic) bond motifs is 5. The molecule has 3 fully saturated rings. The molecule has 1 aromatic carbocycles.